The number of carbonyl (C=O) groups excluding carboxylic acids is 1. The summed E-state index contributed by atoms with van der Waals surface area (Å²) in [6, 6.07) is 0.428. The average molecular weight is 227 g/mol. The lowest BCUT2D eigenvalue weighted by Gasteiger charge is -2.07. The number of nitrogens with zero attached hydrogens (tertiary/aromatic N) is 1. The highest BCUT2D eigenvalue weighted by molar-refractivity contribution is 7.09. The Morgan fingerprint density at radius 2 is 2.40 bits per heavy atom. The smallest absolute Gasteiger partial charge is 0.221 e. The number of hydrogen-bond donors (Lipinski definition) is 2. The normalized spacial score (nSPS) is 10.6. The van der Waals surface area contributed by atoms with Gasteiger partial charge >= 0.3 is 0 Å². The molecule has 0 saturated carbocycles. The molecule has 4 nitrogen and oxygen atoms in total. The van der Waals surface area contributed by atoms with E-state index in [1.807, 2.05) is 5.38 Å². The summed E-state index contributed by atoms with van der Waals surface area (Å²) < 4.78 is 0. The van der Waals surface area contributed by atoms with Crippen molar-refractivity contribution < 1.29 is 4.79 Å². The first kappa shape index (κ1) is 12.1. The van der Waals surface area contributed by atoms with E-state index in [4.69, 9.17) is 0 Å². The molecular formula is C10H17N3OS. The summed E-state index contributed by atoms with van der Waals surface area (Å²) in [5, 5.41) is 8.87. The van der Waals surface area contributed by atoms with Gasteiger partial charge in [0.05, 0.1) is 6.54 Å². The van der Waals surface area contributed by atoms with E-state index in [-0.39, 0.29) is 5.91 Å². The molecule has 15 heavy (non-hydrogen) atoms. The zero-order valence-corrected chi connectivity index (χ0v) is 9.93. The molecule has 0 unspecified atom stereocenters. The molecule has 0 atom stereocenters. The fourth-order valence-corrected chi connectivity index (χ4v) is 1.63. The van der Waals surface area contributed by atoms with Crippen LogP contribution >= 0.6 is 11.3 Å². The van der Waals surface area contributed by atoms with Gasteiger partial charge in [-0.1, -0.05) is 13.8 Å². The van der Waals surface area contributed by atoms with E-state index in [9.17, 15) is 4.79 Å². The lowest BCUT2D eigenvalue weighted by atomic mass is 10.3. The van der Waals surface area contributed by atoms with E-state index in [1.165, 1.54) is 0 Å². The van der Waals surface area contributed by atoms with E-state index in [0.29, 0.717) is 19.0 Å². The summed E-state index contributed by atoms with van der Waals surface area (Å²) in [4.78, 5) is 15.4. The first-order valence-electron chi connectivity index (χ1n) is 5.07. The third kappa shape index (κ3) is 5.49. The zero-order chi connectivity index (χ0) is 11.1. The number of hydrogen-bond acceptors (Lipinski definition) is 4. The van der Waals surface area contributed by atoms with Crippen LogP contribution in [0.5, 0.6) is 0 Å². The molecule has 0 radical (unpaired) electrons. The molecule has 1 heterocycles. The molecule has 5 heteroatoms. The van der Waals surface area contributed by atoms with Gasteiger partial charge in [-0.25, -0.2) is 4.98 Å². The summed E-state index contributed by atoms with van der Waals surface area (Å²) in [7, 11) is 0. The molecule has 0 fully saturated rings. The van der Waals surface area contributed by atoms with Crippen LogP contribution in [0.3, 0.4) is 0 Å². The van der Waals surface area contributed by atoms with Gasteiger partial charge in [-0.15, -0.1) is 11.3 Å². The van der Waals surface area contributed by atoms with Crippen LogP contribution in [0.2, 0.25) is 0 Å². The maximum Gasteiger partial charge on any atom is 0.221 e. The lowest BCUT2D eigenvalue weighted by molar-refractivity contribution is -0.121. The fraction of sp³-hybridized carbons (Fsp3) is 0.600. The molecule has 0 spiro atoms. The van der Waals surface area contributed by atoms with Crippen LogP contribution in [0.25, 0.3) is 0 Å². The van der Waals surface area contributed by atoms with E-state index < -0.39 is 0 Å². The van der Waals surface area contributed by atoms with E-state index in [0.717, 1.165) is 11.6 Å². The van der Waals surface area contributed by atoms with Crippen molar-refractivity contribution in [2.24, 2.45) is 0 Å². The number of aromatic nitrogens is 1. The molecule has 0 aliphatic rings. The lowest BCUT2D eigenvalue weighted by Crippen LogP contribution is -2.30. The van der Waals surface area contributed by atoms with Gasteiger partial charge in [-0.3, -0.25) is 4.79 Å². The van der Waals surface area contributed by atoms with Gasteiger partial charge in [0.25, 0.3) is 0 Å². The molecule has 0 aliphatic heterocycles. The number of nitrogens with one attached hydrogen (secondary N) is 2. The zero-order valence-electron chi connectivity index (χ0n) is 9.12. The van der Waals surface area contributed by atoms with E-state index >= 15 is 0 Å². The summed E-state index contributed by atoms with van der Waals surface area (Å²) in [5.74, 6) is 0.0679. The fourth-order valence-electron chi connectivity index (χ4n) is 1.08. The topological polar surface area (TPSA) is 54.0 Å². The predicted octanol–water partition coefficient (Wildman–Crippen LogP) is 1.15. The number of amides is 1. The van der Waals surface area contributed by atoms with Crippen LogP contribution in [-0.2, 0) is 11.3 Å². The third-order valence-corrected chi connectivity index (χ3v) is 2.60. The maximum atomic E-state index is 11.3. The Morgan fingerprint density at radius 1 is 1.60 bits per heavy atom. The molecule has 0 saturated heterocycles. The van der Waals surface area contributed by atoms with Crippen molar-refractivity contribution in [3.8, 4) is 0 Å². The molecule has 1 rings (SSSR count). The molecule has 2 N–H and O–H groups in total. The molecule has 84 valence electrons. The monoisotopic (exact) mass is 227 g/mol. The van der Waals surface area contributed by atoms with E-state index in [1.54, 1.807) is 17.5 Å². The van der Waals surface area contributed by atoms with Crippen LogP contribution in [0.4, 0.5) is 0 Å². The van der Waals surface area contributed by atoms with Crippen molar-refractivity contribution in [2.75, 3.05) is 6.54 Å². The second-order valence-corrected chi connectivity index (χ2v) is 4.54. The van der Waals surface area contributed by atoms with Crippen molar-refractivity contribution in [1.29, 1.82) is 0 Å². The molecule has 1 amide bonds. The quantitative estimate of drug-likeness (QED) is 0.766. The van der Waals surface area contributed by atoms with Gasteiger partial charge in [0.2, 0.25) is 5.91 Å². The Kier molecular flexibility index (Phi) is 5.28. The molecular weight excluding hydrogens is 210 g/mol. The summed E-state index contributed by atoms with van der Waals surface area (Å²) in [5.41, 5.74) is 0. The predicted molar refractivity (Wildman–Crippen MR) is 61.7 cm³/mol. The van der Waals surface area contributed by atoms with Crippen molar-refractivity contribution in [2.45, 2.75) is 32.9 Å². The number of rotatable bonds is 6. The van der Waals surface area contributed by atoms with Crippen molar-refractivity contribution in [1.82, 2.24) is 15.6 Å². The van der Waals surface area contributed by atoms with E-state index in [2.05, 4.69) is 29.5 Å². The number of thiazole rings is 1. The van der Waals surface area contributed by atoms with Crippen LogP contribution in [0.1, 0.15) is 25.3 Å². The minimum absolute atomic E-state index is 0.0679. The third-order valence-electron chi connectivity index (χ3n) is 1.82. The van der Waals surface area contributed by atoms with Crippen molar-refractivity contribution in [3.05, 3.63) is 16.6 Å². The molecule has 1 aromatic rings. The van der Waals surface area contributed by atoms with Gasteiger partial charge < -0.3 is 10.6 Å². The van der Waals surface area contributed by atoms with Gasteiger partial charge in [0.1, 0.15) is 5.01 Å². The van der Waals surface area contributed by atoms with Crippen LogP contribution < -0.4 is 10.6 Å². The highest BCUT2D eigenvalue weighted by atomic mass is 32.1. The van der Waals surface area contributed by atoms with Crippen molar-refractivity contribution in [3.63, 3.8) is 0 Å². The summed E-state index contributed by atoms with van der Waals surface area (Å²) in [6.07, 6.45) is 2.26. The Labute approximate surface area is 94.1 Å². The molecule has 0 aromatic carbocycles. The first-order valence-corrected chi connectivity index (χ1v) is 5.95. The largest absolute Gasteiger partial charge is 0.350 e. The van der Waals surface area contributed by atoms with Gasteiger partial charge in [-0.05, 0) is 0 Å². The second kappa shape index (κ2) is 6.53. The molecule has 0 bridgehead atoms. The average Bonchev–Trinajstić information content (AvgIpc) is 2.66. The van der Waals surface area contributed by atoms with Crippen LogP contribution in [0.15, 0.2) is 11.6 Å². The Bertz CT molecular complexity index is 285. The van der Waals surface area contributed by atoms with Gasteiger partial charge in [0, 0.05) is 30.6 Å². The summed E-state index contributed by atoms with van der Waals surface area (Å²) in [6.45, 7) is 5.39. The van der Waals surface area contributed by atoms with Gasteiger partial charge in [0.15, 0.2) is 0 Å². The van der Waals surface area contributed by atoms with Crippen molar-refractivity contribution >= 4 is 17.2 Å². The first-order chi connectivity index (χ1) is 7.18. The SMILES string of the molecule is CC(C)NCCC(=O)NCc1nccs1. The van der Waals surface area contributed by atoms with Crippen LogP contribution in [-0.4, -0.2) is 23.5 Å². The second-order valence-electron chi connectivity index (χ2n) is 3.56. The maximum absolute atomic E-state index is 11.3. The van der Waals surface area contributed by atoms with Crippen LogP contribution in [0, 0.1) is 0 Å². The standard InChI is InChI=1S/C10H17N3OS/c1-8(2)11-4-3-9(14)13-7-10-12-5-6-15-10/h5-6,8,11H,3-4,7H2,1-2H3,(H,13,14). The summed E-state index contributed by atoms with van der Waals surface area (Å²) >= 11 is 1.55. The molecule has 1 aromatic heterocycles. The van der Waals surface area contributed by atoms with Gasteiger partial charge in [-0.2, -0.15) is 0 Å². The highest BCUT2D eigenvalue weighted by Crippen LogP contribution is 2.02. The highest BCUT2D eigenvalue weighted by Gasteiger charge is 2.02. The minimum atomic E-state index is 0.0679. The Hall–Kier alpha value is -0.940. The molecule has 0 aliphatic carbocycles. The number of carbonyl (C=O) groups is 1. The minimum Gasteiger partial charge on any atom is -0.350 e. The Morgan fingerprint density at radius 3 is 3.00 bits per heavy atom. The Balaban J connectivity index is 2.09.